The third kappa shape index (κ3) is 2.80. The smallest absolute Gasteiger partial charge is 0.419 e. The molecule has 12 heteroatoms. The Kier molecular flexibility index (Phi) is 3.71. The molecule has 0 aliphatic heterocycles. The highest BCUT2D eigenvalue weighted by Gasteiger charge is 2.59. The SMILES string of the molecule is O=C(O)c1cc(Cl)c2c(c1)nnn2C(C(F)(F)F)C(F)(F)F. The van der Waals surface area contributed by atoms with Crippen LogP contribution < -0.4 is 0 Å². The highest BCUT2D eigenvalue weighted by Crippen LogP contribution is 2.44. The Balaban J connectivity index is 2.73. The van der Waals surface area contributed by atoms with Crippen molar-refractivity contribution in [1.29, 1.82) is 0 Å². The van der Waals surface area contributed by atoms with E-state index in [2.05, 4.69) is 10.3 Å². The van der Waals surface area contributed by atoms with Crippen LogP contribution in [0.4, 0.5) is 26.3 Å². The fourth-order valence-electron chi connectivity index (χ4n) is 1.80. The van der Waals surface area contributed by atoms with Gasteiger partial charge in [0.25, 0.3) is 0 Å². The molecule has 0 fully saturated rings. The van der Waals surface area contributed by atoms with E-state index in [0.717, 1.165) is 12.1 Å². The quantitative estimate of drug-likeness (QED) is 0.845. The lowest BCUT2D eigenvalue weighted by Crippen LogP contribution is -2.39. The Morgan fingerprint density at radius 1 is 1.18 bits per heavy atom. The molecule has 5 nitrogen and oxygen atoms in total. The fourth-order valence-corrected chi connectivity index (χ4v) is 2.10. The van der Waals surface area contributed by atoms with Crippen molar-refractivity contribution in [3.05, 3.63) is 22.7 Å². The summed E-state index contributed by atoms with van der Waals surface area (Å²) < 4.78 is 75.8. The van der Waals surface area contributed by atoms with Gasteiger partial charge in [0.05, 0.1) is 10.6 Å². The first-order valence-corrected chi connectivity index (χ1v) is 5.72. The van der Waals surface area contributed by atoms with E-state index in [9.17, 15) is 31.1 Å². The van der Waals surface area contributed by atoms with Crippen LogP contribution >= 0.6 is 11.6 Å². The molecule has 1 aromatic carbocycles. The standard InChI is InChI=1S/C10H4ClF6N3O2/c11-4-1-3(7(21)22)2-5-6(4)20(19-18-5)8(9(12,13)14)10(15,16)17/h1-2,8H,(H,21,22). The molecule has 2 aromatic rings. The molecule has 22 heavy (non-hydrogen) atoms. The molecule has 1 heterocycles. The number of carbonyl (C=O) groups is 1. The number of benzene rings is 1. The molecule has 1 aromatic heterocycles. The third-order valence-corrected chi connectivity index (χ3v) is 2.92. The summed E-state index contributed by atoms with van der Waals surface area (Å²) in [6, 6.07) is -2.45. The predicted octanol–water partition coefficient (Wildman–Crippen LogP) is 3.45. The van der Waals surface area contributed by atoms with Crippen LogP contribution in [-0.4, -0.2) is 38.4 Å². The van der Waals surface area contributed by atoms with Gasteiger partial charge in [-0.05, 0) is 12.1 Å². The number of fused-ring (bicyclic) bond motifs is 1. The van der Waals surface area contributed by atoms with Gasteiger partial charge < -0.3 is 5.11 Å². The van der Waals surface area contributed by atoms with E-state index in [4.69, 9.17) is 16.7 Å². The fraction of sp³-hybridized carbons (Fsp3) is 0.300. The van der Waals surface area contributed by atoms with Gasteiger partial charge in [-0.15, -0.1) is 5.10 Å². The topological polar surface area (TPSA) is 68.0 Å². The number of aromatic nitrogens is 3. The lowest BCUT2D eigenvalue weighted by molar-refractivity contribution is -0.276. The van der Waals surface area contributed by atoms with E-state index in [-0.39, 0.29) is 0 Å². The van der Waals surface area contributed by atoms with Crippen molar-refractivity contribution in [2.24, 2.45) is 0 Å². The second-order valence-electron chi connectivity index (χ2n) is 4.15. The minimum Gasteiger partial charge on any atom is -0.478 e. The minimum absolute atomic E-state index is 0.413. The maximum Gasteiger partial charge on any atom is 0.419 e. The Bertz CT molecular complexity index is 725. The van der Waals surface area contributed by atoms with Crippen molar-refractivity contribution >= 4 is 28.6 Å². The van der Waals surface area contributed by atoms with Gasteiger partial charge >= 0.3 is 18.3 Å². The summed E-state index contributed by atoms with van der Waals surface area (Å²) in [5.41, 5.74) is -1.70. The lowest BCUT2D eigenvalue weighted by Gasteiger charge is -2.23. The van der Waals surface area contributed by atoms with Crippen molar-refractivity contribution < 1.29 is 36.2 Å². The maximum absolute atomic E-state index is 12.7. The van der Waals surface area contributed by atoms with E-state index in [0.29, 0.717) is 0 Å². The summed E-state index contributed by atoms with van der Waals surface area (Å²) in [6.45, 7) is 0. The average molecular weight is 348 g/mol. The van der Waals surface area contributed by atoms with Gasteiger partial charge in [0, 0.05) is 0 Å². The van der Waals surface area contributed by atoms with Gasteiger partial charge in [0.2, 0.25) is 6.04 Å². The van der Waals surface area contributed by atoms with E-state index in [1.165, 1.54) is 0 Å². The van der Waals surface area contributed by atoms with Crippen LogP contribution in [0.15, 0.2) is 12.1 Å². The van der Waals surface area contributed by atoms with Gasteiger partial charge in [-0.2, -0.15) is 26.3 Å². The number of nitrogens with zero attached hydrogens (tertiary/aromatic N) is 3. The van der Waals surface area contributed by atoms with Crippen molar-refractivity contribution in [2.75, 3.05) is 0 Å². The number of alkyl halides is 6. The molecule has 2 rings (SSSR count). The molecule has 0 saturated heterocycles. The number of hydrogen-bond acceptors (Lipinski definition) is 3. The zero-order chi connectivity index (χ0) is 16.9. The highest BCUT2D eigenvalue weighted by atomic mass is 35.5. The molecule has 0 spiro atoms. The summed E-state index contributed by atoms with van der Waals surface area (Å²) in [7, 11) is 0. The first-order chi connectivity index (χ1) is 9.93. The molecule has 0 bridgehead atoms. The van der Waals surface area contributed by atoms with Gasteiger partial charge in [-0.1, -0.05) is 16.8 Å². The van der Waals surface area contributed by atoms with Gasteiger partial charge in [0.1, 0.15) is 11.0 Å². The zero-order valence-corrected chi connectivity index (χ0v) is 10.8. The largest absolute Gasteiger partial charge is 0.478 e. The van der Waals surface area contributed by atoms with Gasteiger partial charge in [-0.3, -0.25) is 0 Å². The van der Waals surface area contributed by atoms with Crippen LogP contribution in [0.1, 0.15) is 16.4 Å². The second-order valence-corrected chi connectivity index (χ2v) is 4.56. The number of halogens is 7. The first kappa shape index (κ1) is 16.3. The lowest BCUT2D eigenvalue weighted by atomic mass is 10.2. The average Bonchev–Trinajstić information content (AvgIpc) is 2.69. The molecule has 0 saturated carbocycles. The highest BCUT2D eigenvalue weighted by molar-refractivity contribution is 6.35. The monoisotopic (exact) mass is 347 g/mol. The third-order valence-electron chi connectivity index (χ3n) is 2.63. The van der Waals surface area contributed by atoms with Gasteiger partial charge in [0.15, 0.2) is 0 Å². The Hall–Kier alpha value is -2.04. The molecule has 0 radical (unpaired) electrons. The Labute approximate surface area is 122 Å². The van der Waals surface area contributed by atoms with Crippen LogP contribution in [0.5, 0.6) is 0 Å². The van der Waals surface area contributed by atoms with Crippen molar-refractivity contribution in [2.45, 2.75) is 18.4 Å². The molecule has 0 aliphatic carbocycles. The summed E-state index contributed by atoms with van der Waals surface area (Å²) in [5.74, 6) is -1.47. The molecule has 0 unspecified atom stereocenters. The van der Waals surface area contributed by atoms with Crippen LogP contribution in [0.3, 0.4) is 0 Å². The number of carboxylic acids is 1. The van der Waals surface area contributed by atoms with Crippen LogP contribution in [0, 0.1) is 0 Å². The molecular formula is C10H4ClF6N3O2. The number of rotatable bonds is 2. The Morgan fingerprint density at radius 3 is 2.18 bits per heavy atom. The molecular weight excluding hydrogens is 344 g/mol. The number of hydrogen-bond donors (Lipinski definition) is 1. The van der Waals surface area contributed by atoms with E-state index >= 15 is 0 Å². The minimum atomic E-state index is -5.69. The van der Waals surface area contributed by atoms with E-state index < -0.39 is 50.7 Å². The summed E-state index contributed by atoms with van der Waals surface area (Å²) in [5, 5.41) is 14.1. The summed E-state index contributed by atoms with van der Waals surface area (Å²) in [4.78, 5) is 10.8. The molecule has 1 N–H and O–H groups in total. The molecule has 120 valence electrons. The molecule has 0 atom stereocenters. The van der Waals surface area contributed by atoms with Crippen LogP contribution in [0.25, 0.3) is 11.0 Å². The van der Waals surface area contributed by atoms with E-state index in [1.807, 2.05) is 0 Å². The van der Waals surface area contributed by atoms with E-state index in [1.54, 1.807) is 0 Å². The predicted molar refractivity (Wildman–Crippen MR) is 60.6 cm³/mol. The summed E-state index contributed by atoms with van der Waals surface area (Å²) in [6.07, 6.45) is -11.4. The van der Waals surface area contributed by atoms with Gasteiger partial charge in [-0.25, -0.2) is 9.48 Å². The number of carboxylic acid groups (broad SMARTS) is 1. The van der Waals surface area contributed by atoms with Crippen LogP contribution in [-0.2, 0) is 0 Å². The molecule has 0 aliphatic rings. The summed E-state index contributed by atoms with van der Waals surface area (Å²) >= 11 is 5.60. The molecule has 0 amide bonds. The van der Waals surface area contributed by atoms with Crippen LogP contribution in [0.2, 0.25) is 5.02 Å². The van der Waals surface area contributed by atoms with Crippen molar-refractivity contribution in [3.63, 3.8) is 0 Å². The zero-order valence-electron chi connectivity index (χ0n) is 10.1. The van der Waals surface area contributed by atoms with Crippen molar-refractivity contribution in [3.8, 4) is 0 Å². The van der Waals surface area contributed by atoms with Crippen molar-refractivity contribution in [1.82, 2.24) is 15.0 Å². The first-order valence-electron chi connectivity index (χ1n) is 5.34. The maximum atomic E-state index is 12.7. The Morgan fingerprint density at radius 2 is 1.73 bits per heavy atom. The number of aromatic carboxylic acids is 1. The normalized spacial score (nSPS) is 13.1. The second kappa shape index (κ2) is 5.00.